The van der Waals surface area contributed by atoms with E-state index in [4.69, 9.17) is 22.1 Å². The first-order valence-corrected chi connectivity index (χ1v) is 10.1. The quantitative estimate of drug-likeness (QED) is 0.361. The van der Waals surface area contributed by atoms with Gasteiger partial charge in [-0.1, -0.05) is 26.0 Å². The summed E-state index contributed by atoms with van der Waals surface area (Å²) in [4.78, 5) is 24.8. The molecule has 2 rings (SSSR count). The Morgan fingerprint density at radius 2 is 1.77 bits per heavy atom. The Labute approximate surface area is 181 Å². The van der Waals surface area contributed by atoms with Gasteiger partial charge >= 0.3 is 0 Å². The second-order valence-corrected chi connectivity index (χ2v) is 7.42. The molecule has 2 aromatic rings. The zero-order chi connectivity index (χ0) is 21.9. The van der Waals surface area contributed by atoms with Crippen LogP contribution in [0.15, 0.2) is 48.5 Å². The molecule has 8 heteroatoms. The molecule has 0 spiro atoms. The highest BCUT2D eigenvalue weighted by Crippen LogP contribution is 2.16. The Morgan fingerprint density at radius 1 is 1.07 bits per heavy atom. The van der Waals surface area contributed by atoms with Crippen molar-refractivity contribution in [1.82, 2.24) is 10.6 Å². The molecule has 0 saturated carbocycles. The lowest BCUT2D eigenvalue weighted by Gasteiger charge is -2.14. The number of nitrogens with one attached hydrogen (secondary N) is 3. The molecule has 0 heterocycles. The number of carbonyl (C=O) groups is 2. The Bertz CT molecular complexity index is 869. The molecule has 2 aromatic carbocycles. The van der Waals surface area contributed by atoms with E-state index >= 15 is 0 Å². The van der Waals surface area contributed by atoms with Crippen molar-refractivity contribution in [1.29, 1.82) is 0 Å². The average molecular weight is 430 g/mol. The number of hydrogen-bond acceptors (Lipinski definition) is 5. The minimum absolute atomic E-state index is 0.00112. The van der Waals surface area contributed by atoms with Crippen molar-refractivity contribution in [3.05, 3.63) is 59.7 Å². The first-order chi connectivity index (χ1) is 14.4. The number of carbonyl (C=O) groups excluding carboxylic acids is 2. The van der Waals surface area contributed by atoms with Crippen LogP contribution in [-0.4, -0.2) is 41.8 Å². The van der Waals surface area contributed by atoms with Gasteiger partial charge in [0.15, 0.2) is 5.11 Å². The summed E-state index contributed by atoms with van der Waals surface area (Å²) in [6.07, 6.45) is 0.469. The maximum atomic E-state index is 12.4. The minimum Gasteiger partial charge on any atom is -0.493 e. The lowest BCUT2D eigenvalue weighted by atomic mass is 10.1. The molecule has 0 aliphatic carbocycles. The molecular weight excluding hydrogens is 402 g/mol. The fourth-order valence-electron chi connectivity index (χ4n) is 2.46. The maximum absolute atomic E-state index is 12.4. The number of thiocarbonyl (C=S) groups is 1. The lowest BCUT2D eigenvalue weighted by Crippen LogP contribution is -2.35. The summed E-state index contributed by atoms with van der Waals surface area (Å²) in [6.45, 7) is 5.09. The third-order valence-corrected chi connectivity index (χ3v) is 4.17. The number of aliphatic hydroxyl groups excluding tert-OH is 1. The van der Waals surface area contributed by atoms with Crippen LogP contribution < -0.4 is 20.7 Å². The molecule has 2 amide bonds. The summed E-state index contributed by atoms with van der Waals surface area (Å²) < 4.78 is 5.61. The third kappa shape index (κ3) is 7.46. The molecule has 0 atom stereocenters. The van der Waals surface area contributed by atoms with Crippen LogP contribution in [0.5, 0.6) is 5.75 Å². The standard InChI is InChI=1S/C22H27N3O4S/c1-15(2)14-29-17-10-8-16(9-11-17)20(27)25-22(30)24-19-7-4-3-6-18(19)21(28)23-12-5-13-26/h3-4,6-11,15,26H,5,12-14H2,1-2H3,(H,23,28)(H2,24,25,27,30). The van der Waals surface area contributed by atoms with Crippen molar-refractivity contribution < 1.29 is 19.4 Å². The maximum Gasteiger partial charge on any atom is 0.257 e. The number of benzene rings is 2. The van der Waals surface area contributed by atoms with Crippen LogP contribution >= 0.6 is 12.2 Å². The molecule has 0 radical (unpaired) electrons. The van der Waals surface area contributed by atoms with Crippen LogP contribution in [0, 0.1) is 5.92 Å². The normalized spacial score (nSPS) is 10.4. The van der Waals surface area contributed by atoms with Gasteiger partial charge in [-0.2, -0.15) is 0 Å². The number of rotatable bonds is 9. The average Bonchev–Trinajstić information content (AvgIpc) is 2.73. The van der Waals surface area contributed by atoms with E-state index in [2.05, 4.69) is 29.8 Å². The van der Waals surface area contributed by atoms with E-state index < -0.39 is 0 Å². The van der Waals surface area contributed by atoms with E-state index in [-0.39, 0.29) is 23.5 Å². The van der Waals surface area contributed by atoms with Gasteiger partial charge in [-0.25, -0.2) is 0 Å². The Kier molecular flexibility index (Phi) is 9.24. The predicted molar refractivity (Wildman–Crippen MR) is 121 cm³/mol. The van der Waals surface area contributed by atoms with Gasteiger partial charge < -0.3 is 20.5 Å². The van der Waals surface area contributed by atoms with Gasteiger partial charge in [-0.3, -0.25) is 14.9 Å². The van der Waals surface area contributed by atoms with Crippen LogP contribution in [0.3, 0.4) is 0 Å². The number of anilines is 1. The van der Waals surface area contributed by atoms with Crippen molar-refractivity contribution in [2.75, 3.05) is 25.1 Å². The molecule has 30 heavy (non-hydrogen) atoms. The minimum atomic E-state index is -0.368. The molecule has 0 aromatic heterocycles. The molecule has 0 saturated heterocycles. The summed E-state index contributed by atoms with van der Waals surface area (Å²) in [5.41, 5.74) is 1.30. The monoisotopic (exact) mass is 429 g/mol. The molecule has 7 nitrogen and oxygen atoms in total. The fraction of sp³-hybridized carbons (Fsp3) is 0.318. The van der Waals surface area contributed by atoms with Gasteiger partial charge in [0.1, 0.15) is 5.75 Å². The summed E-state index contributed by atoms with van der Waals surface area (Å²) in [6, 6.07) is 13.6. The largest absolute Gasteiger partial charge is 0.493 e. The van der Waals surface area contributed by atoms with E-state index in [1.165, 1.54) is 0 Å². The van der Waals surface area contributed by atoms with Crippen LogP contribution in [0.25, 0.3) is 0 Å². The van der Waals surface area contributed by atoms with Gasteiger partial charge in [-0.15, -0.1) is 0 Å². The van der Waals surface area contributed by atoms with E-state index in [9.17, 15) is 9.59 Å². The summed E-state index contributed by atoms with van der Waals surface area (Å²) >= 11 is 5.23. The molecular formula is C22H27N3O4S. The fourth-order valence-corrected chi connectivity index (χ4v) is 2.66. The third-order valence-electron chi connectivity index (χ3n) is 3.97. The predicted octanol–water partition coefficient (Wildman–Crippen LogP) is 2.96. The Morgan fingerprint density at radius 3 is 2.43 bits per heavy atom. The second kappa shape index (κ2) is 11.9. The van der Waals surface area contributed by atoms with Gasteiger partial charge in [-0.05, 0) is 61.0 Å². The summed E-state index contributed by atoms with van der Waals surface area (Å²) in [7, 11) is 0. The van der Waals surface area contributed by atoms with Crippen LogP contribution in [-0.2, 0) is 0 Å². The van der Waals surface area contributed by atoms with E-state index in [0.717, 1.165) is 0 Å². The van der Waals surface area contributed by atoms with Gasteiger partial charge in [0, 0.05) is 18.7 Å². The van der Waals surface area contributed by atoms with E-state index in [0.29, 0.717) is 48.1 Å². The van der Waals surface area contributed by atoms with Crippen LogP contribution in [0.1, 0.15) is 41.0 Å². The molecule has 0 aliphatic heterocycles. The molecule has 4 N–H and O–H groups in total. The van der Waals surface area contributed by atoms with Crippen molar-refractivity contribution in [2.24, 2.45) is 5.92 Å². The van der Waals surface area contributed by atoms with Crippen LogP contribution in [0.4, 0.5) is 5.69 Å². The first kappa shape index (κ1) is 23.3. The number of amides is 2. The highest BCUT2D eigenvalue weighted by atomic mass is 32.1. The second-order valence-electron chi connectivity index (χ2n) is 7.02. The SMILES string of the molecule is CC(C)COc1ccc(C(=O)NC(=S)Nc2ccccc2C(=O)NCCCO)cc1. The zero-order valence-corrected chi connectivity index (χ0v) is 17.9. The smallest absolute Gasteiger partial charge is 0.257 e. The van der Waals surface area contributed by atoms with E-state index in [1.54, 1.807) is 48.5 Å². The van der Waals surface area contributed by atoms with Crippen molar-refractivity contribution >= 4 is 34.8 Å². The molecule has 0 aliphatic rings. The number of para-hydroxylation sites is 1. The van der Waals surface area contributed by atoms with Crippen molar-refractivity contribution in [3.8, 4) is 5.75 Å². The highest BCUT2D eigenvalue weighted by Gasteiger charge is 2.13. The first-order valence-electron chi connectivity index (χ1n) is 9.74. The lowest BCUT2D eigenvalue weighted by molar-refractivity contribution is 0.0950. The highest BCUT2D eigenvalue weighted by molar-refractivity contribution is 7.80. The van der Waals surface area contributed by atoms with Crippen molar-refractivity contribution in [3.63, 3.8) is 0 Å². The number of ether oxygens (including phenoxy) is 1. The molecule has 0 fully saturated rings. The summed E-state index contributed by atoms with van der Waals surface area (Å²) in [5.74, 6) is 0.448. The van der Waals surface area contributed by atoms with Gasteiger partial charge in [0.05, 0.1) is 17.9 Å². The number of aliphatic hydroxyl groups is 1. The molecule has 0 bridgehead atoms. The topological polar surface area (TPSA) is 99.7 Å². The number of hydrogen-bond donors (Lipinski definition) is 4. The van der Waals surface area contributed by atoms with Crippen LogP contribution in [0.2, 0.25) is 0 Å². The summed E-state index contributed by atoms with van der Waals surface area (Å²) in [5, 5.41) is 17.1. The zero-order valence-electron chi connectivity index (χ0n) is 17.1. The molecule has 0 unspecified atom stereocenters. The Hall–Kier alpha value is -2.97. The van der Waals surface area contributed by atoms with E-state index in [1.807, 2.05) is 0 Å². The Balaban J connectivity index is 1.95. The van der Waals surface area contributed by atoms with Gasteiger partial charge in [0.2, 0.25) is 0 Å². The van der Waals surface area contributed by atoms with Gasteiger partial charge in [0.25, 0.3) is 11.8 Å². The molecule has 160 valence electrons. The van der Waals surface area contributed by atoms with Crippen molar-refractivity contribution in [2.45, 2.75) is 20.3 Å².